The van der Waals surface area contributed by atoms with E-state index in [0.717, 1.165) is 18.2 Å². The summed E-state index contributed by atoms with van der Waals surface area (Å²) in [6, 6.07) is 2.41. The van der Waals surface area contributed by atoms with Crippen molar-refractivity contribution in [3.8, 4) is 0 Å². The summed E-state index contributed by atoms with van der Waals surface area (Å²) in [7, 11) is 0. The maximum atomic E-state index is 12.2. The van der Waals surface area contributed by atoms with E-state index in [1.165, 1.54) is 64.2 Å². The fraction of sp³-hybridized carbons (Fsp3) is 0.778. The number of aromatic nitrogens is 2. The van der Waals surface area contributed by atoms with Gasteiger partial charge in [-0.3, -0.25) is 4.79 Å². The van der Waals surface area contributed by atoms with Crippen molar-refractivity contribution in [3.63, 3.8) is 0 Å². The molecule has 1 aromatic heterocycles. The summed E-state index contributed by atoms with van der Waals surface area (Å²) in [5.74, 6) is 1.81. The molecule has 0 radical (unpaired) electrons. The number of nitrogens with one attached hydrogen (secondary N) is 1. The van der Waals surface area contributed by atoms with Crippen molar-refractivity contribution in [1.82, 2.24) is 9.78 Å². The first-order chi connectivity index (χ1) is 10.8. The molecule has 0 unspecified atom stereocenters. The third-order valence-electron chi connectivity index (χ3n) is 5.36. The highest BCUT2D eigenvalue weighted by molar-refractivity contribution is 5.89. The molecule has 22 heavy (non-hydrogen) atoms. The van der Waals surface area contributed by atoms with E-state index < -0.39 is 0 Å². The Hall–Kier alpha value is -1.32. The minimum Gasteiger partial charge on any atom is -0.311 e. The van der Waals surface area contributed by atoms with Crippen molar-refractivity contribution in [2.24, 2.45) is 5.92 Å². The van der Waals surface area contributed by atoms with Gasteiger partial charge in [-0.05, 0) is 25.2 Å². The number of carbonyl (C=O) groups is 1. The zero-order valence-electron chi connectivity index (χ0n) is 13.6. The van der Waals surface area contributed by atoms with Crippen LogP contribution in [-0.2, 0) is 4.79 Å². The van der Waals surface area contributed by atoms with Crippen molar-refractivity contribution in [2.45, 2.75) is 83.1 Å². The van der Waals surface area contributed by atoms with Crippen LogP contribution in [0.4, 0.5) is 5.82 Å². The van der Waals surface area contributed by atoms with Crippen LogP contribution in [0.1, 0.15) is 83.1 Å². The maximum absolute atomic E-state index is 12.2. The summed E-state index contributed by atoms with van der Waals surface area (Å²) in [5, 5.41) is 7.53. The van der Waals surface area contributed by atoms with Gasteiger partial charge >= 0.3 is 0 Å². The zero-order chi connectivity index (χ0) is 15.2. The van der Waals surface area contributed by atoms with Gasteiger partial charge in [0.15, 0.2) is 0 Å². The minimum atomic E-state index is 0.156. The molecule has 1 amide bonds. The Morgan fingerprint density at radius 3 is 2.50 bits per heavy atom. The first-order valence-electron chi connectivity index (χ1n) is 9.16. The van der Waals surface area contributed by atoms with E-state index >= 15 is 0 Å². The molecule has 122 valence electrons. The number of nitrogens with zero attached hydrogens (tertiary/aromatic N) is 2. The predicted molar refractivity (Wildman–Crippen MR) is 88.8 cm³/mol. The van der Waals surface area contributed by atoms with E-state index in [9.17, 15) is 4.79 Å². The summed E-state index contributed by atoms with van der Waals surface area (Å²) < 4.78 is 2.04. The summed E-state index contributed by atoms with van der Waals surface area (Å²) in [4.78, 5) is 12.2. The summed E-state index contributed by atoms with van der Waals surface area (Å²) in [5.41, 5.74) is 0. The second kappa shape index (κ2) is 7.80. The number of carbonyl (C=O) groups excluding carboxylic acids is 1. The zero-order valence-corrected chi connectivity index (χ0v) is 13.6. The van der Waals surface area contributed by atoms with Gasteiger partial charge in [0, 0.05) is 12.5 Å². The Morgan fingerprint density at radius 1 is 1.09 bits per heavy atom. The molecule has 1 heterocycles. The van der Waals surface area contributed by atoms with Crippen molar-refractivity contribution >= 4 is 11.7 Å². The lowest BCUT2D eigenvalue weighted by Crippen LogP contribution is -2.20. The van der Waals surface area contributed by atoms with Gasteiger partial charge in [0.1, 0.15) is 5.82 Å². The molecule has 0 atom stereocenters. The van der Waals surface area contributed by atoms with Crippen LogP contribution in [0, 0.1) is 5.92 Å². The first-order valence-corrected chi connectivity index (χ1v) is 9.16. The van der Waals surface area contributed by atoms with E-state index in [2.05, 4.69) is 10.4 Å². The highest BCUT2D eigenvalue weighted by atomic mass is 16.1. The van der Waals surface area contributed by atoms with Gasteiger partial charge in [-0.2, -0.15) is 5.10 Å². The standard InChI is InChI=1S/C18H29N3O/c22-18(12-11-15-7-3-1-4-8-15)20-17-13-14-19-21(17)16-9-5-2-6-10-16/h13-16H,1-12H2,(H,20,22). The van der Waals surface area contributed by atoms with Crippen molar-refractivity contribution < 1.29 is 4.79 Å². The lowest BCUT2D eigenvalue weighted by atomic mass is 9.86. The number of hydrogen-bond donors (Lipinski definition) is 1. The first kappa shape index (κ1) is 15.6. The van der Waals surface area contributed by atoms with Crippen molar-refractivity contribution in [2.75, 3.05) is 5.32 Å². The average molecular weight is 303 g/mol. The van der Waals surface area contributed by atoms with Gasteiger partial charge in [0.2, 0.25) is 5.91 Å². The van der Waals surface area contributed by atoms with Crippen molar-refractivity contribution in [1.29, 1.82) is 0 Å². The van der Waals surface area contributed by atoms with E-state index in [1.807, 2.05) is 16.9 Å². The smallest absolute Gasteiger partial charge is 0.225 e. The topological polar surface area (TPSA) is 46.9 Å². The minimum absolute atomic E-state index is 0.156. The largest absolute Gasteiger partial charge is 0.311 e. The third kappa shape index (κ3) is 4.11. The molecular formula is C18H29N3O. The van der Waals surface area contributed by atoms with Crippen LogP contribution in [-0.4, -0.2) is 15.7 Å². The summed E-state index contributed by atoms with van der Waals surface area (Å²) in [6.45, 7) is 0. The van der Waals surface area contributed by atoms with E-state index in [0.29, 0.717) is 12.5 Å². The molecule has 0 aliphatic heterocycles. The molecule has 1 N–H and O–H groups in total. The van der Waals surface area contributed by atoms with Crippen LogP contribution >= 0.6 is 0 Å². The number of rotatable bonds is 5. The quantitative estimate of drug-likeness (QED) is 0.858. The lowest BCUT2D eigenvalue weighted by molar-refractivity contribution is -0.116. The molecule has 0 spiro atoms. The Bertz CT molecular complexity index is 470. The third-order valence-corrected chi connectivity index (χ3v) is 5.36. The van der Waals surface area contributed by atoms with Gasteiger partial charge in [0.05, 0.1) is 12.2 Å². The van der Waals surface area contributed by atoms with E-state index in [1.54, 1.807) is 0 Å². The van der Waals surface area contributed by atoms with Crippen LogP contribution in [0.25, 0.3) is 0 Å². The number of anilines is 1. The van der Waals surface area contributed by atoms with Gasteiger partial charge in [0.25, 0.3) is 0 Å². The molecule has 0 bridgehead atoms. The van der Waals surface area contributed by atoms with Gasteiger partial charge in [-0.25, -0.2) is 4.68 Å². The van der Waals surface area contributed by atoms with Crippen molar-refractivity contribution in [3.05, 3.63) is 12.3 Å². The Morgan fingerprint density at radius 2 is 1.77 bits per heavy atom. The molecule has 3 rings (SSSR count). The lowest BCUT2D eigenvalue weighted by Gasteiger charge is -2.24. The molecule has 1 aromatic rings. The summed E-state index contributed by atoms with van der Waals surface area (Å²) in [6.07, 6.45) is 16.5. The predicted octanol–water partition coefficient (Wildman–Crippen LogP) is 4.69. The number of hydrogen-bond acceptors (Lipinski definition) is 2. The fourth-order valence-electron chi connectivity index (χ4n) is 4.05. The second-order valence-electron chi connectivity index (χ2n) is 7.04. The Balaban J connectivity index is 1.49. The molecular weight excluding hydrogens is 274 g/mol. The molecule has 4 nitrogen and oxygen atoms in total. The normalized spacial score (nSPS) is 20.9. The number of amides is 1. The van der Waals surface area contributed by atoms with Crippen LogP contribution in [0.3, 0.4) is 0 Å². The SMILES string of the molecule is O=C(CCC1CCCCC1)Nc1ccnn1C1CCCCC1. The van der Waals surface area contributed by atoms with E-state index in [-0.39, 0.29) is 5.91 Å². The van der Waals surface area contributed by atoms with Crippen LogP contribution in [0.2, 0.25) is 0 Å². The monoisotopic (exact) mass is 303 g/mol. The Kier molecular flexibility index (Phi) is 5.52. The molecule has 2 aliphatic carbocycles. The fourth-order valence-corrected chi connectivity index (χ4v) is 4.05. The molecule has 2 aliphatic rings. The highest BCUT2D eigenvalue weighted by Crippen LogP contribution is 2.30. The molecule has 2 saturated carbocycles. The Labute approximate surface area is 133 Å². The molecule has 0 saturated heterocycles. The van der Waals surface area contributed by atoms with Gasteiger partial charge in [-0.15, -0.1) is 0 Å². The molecule has 0 aromatic carbocycles. The van der Waals surface area contributed by atoms with Crippen LogP contribution in [0.5, 0.6) is 0 Å². The van der Waals surface area contributed by atoms with Crippen LogP contribution < -0.4 is 5.32 Å². The highest BCUT2D eigenvalue weighted by Gasteiger charge is 2.20. The van der Waals surface area contributed by atoms with E-state index in [4.69, 9.17) is 0 Å². The summed E-state index contributed by atoms with van der Waals surface area (Å²) >= 11 is 0. The molecule has 2 fully saturated rings. The molecule has 4 heteroatoms. The average Bonchev–Trinajstić information content (AvgIpc) is 3.03. The maximum Gasteiger partial charge on any atom is 0.225 e. The second-order valence-corrected chi connectivity index (χ2v) is 7.04. The van der Waals surface area contributed by atoms with Crippen LogP contribution in [0.15, 0.2) is 12.3 Å². The van der Waals surface area contributed by atoms with Gasteiger partial charge in [-0.1, -0.05) is 51.4 Å². The van der Waals surface area contributed by atoms with Gasteiger partial charge < -0.3 is 5.32 Å².